The maximum absolute atomic E-state index is 13.3. The van der Waals surface area contributed by atoms with Crippen molar-refractivity contribution in [2.45, 2.75) is 11.2 Å². The van der Waals surface area contributed by atoms with E-state index in [0.717, 1.165) is 28.6 Å². The first-order valence-electron chi connectivity index (χ1n) is 8.44. The second kappa shape index (κ2) is 7.11. The van der Waals surface area contributed by atoms with E-state index in [1.807, 2.05) is 0 Å². The number of sulfonamides is 1. The van der Waals surface area contributed by atoms with Crippen LogP contribution in [0.25, 0.3) is 28.3 Å². The second-order valence-corrected chi connectivity index (χ2v) is 7.79. The normalized spacial score (nSPS) is 12.3. The van der Waals surface area contributed by atoms with Gasteiger partial charge < -0.3 is 4.42 Å². The number of furan rings is 1. The van der Waals surface area contributed by atoms with Crippen LogP contribution in [0, 0.1) is 0 Å². The number of nitrogens with two attached hydrogens (primary N) is 1. The van der Waals surface area contributed by atoms with Crippen molar-refractivity contribution in [2.24, 2.45) is 5.14 Å². The molecule has 0 unspecified atom stereocenters. The number of halogens is 3. The first-order chi connectivity index (χ1) is 14.1. The summed E-state index contributed by atoms with van der Waals surface area (Å²) in [4.78, 5) is 3.71. The Kier molecular flexibility index (Phi) is 4.71. The molecule has 3 heterocycles. The molecule has 0 atom stereocenters. The van der Waals surface area contributed by atoms with Gasteiger partial charge in [-0.1, -0.05) is 24.3 Å². The molecule has 30 heavy (non-hydrogen) atoms. The first-order valence-corrected chi connectivity index (χ1v) is 9.98. The number of hydrogen-bond donors (Lipinski definition) is 1. The van der Waals surface area contributed by atoms with Gasteiger partial charge in [-0.15, -0.1) is 0 Å². The molecule has 0 saturated heterocycles. The van der Waals surface area contributed by atoms with Crippen molar-refractivity contribution in [2.75, 3.05) is 0 Å². The van der Waals surface area contributed by atoms with Crippen LogP contribution in [0.3, 0.4) is 0 Å². The van der Waals surface area contributed by atoms with Crippen molar-refractivity contribution in [3.63, 3.8) is 0 Å². The number of aromatic nitrogens is 3. The minimum Gasteiger partial charge on any atom is -0.464 e. The summed E-state index contributed by atoms with van der Waals surface area (Å²) < 4.78 is 68.9. The Balaban J connectivity index is 1.80. The van der Waals surface area contributed by atoms with Crippen LogP contribution in [-0.2, 0) is 16.2 Å². The van der Waals surface area contributed by atoms with Gasteiger partial charge in [0, 0.05) is 11.1 Å². The summed E-state index contributed by atoms with van der Waals surface area (Å²) in [5.74, 6) is 0.619. The number of primary sulfonamides is 1. The third-order valence-corrected chi connectivity index (χ3v) is 5.07. The van der Waals surface area contributed by atoms with Crippen LogP contribution in [-0.4, -0.2) is 23.2 Å². The van der Waals surface area contributed by atoms with Crippen LogP contribution in [0.5, 0.6) is 0 Å². The van der Waals surface area contributed by atoms with Gasteiger partial charge in [-0.2, -0.15) is 18.3 Å². The van der Waals surface area contributed by atoms with Crippen LogP contribution >= 0.6 is 0 Å². The lowest BCUT2D eigenvalue weighted by atomic mass is 10.1. The summed E-state index contributed by atoms with van der Waals surface area (Å²) in [6, 6.07) is 13.5. The van der Waals surface area contributed by atoms with Gasteiger partial charge in [0.15, 0.2) is 10.7 Å². The number of rotatable bonds is 4. The van der Waals surface area contributed by atoms with E-state index in [2.05, 4.69) is 10.1 Å². The standard InChI is InChI=1S/C19H13F3N4O3S/c20-19(21,22)17-10-15(12-3-5-13(6-4-12)16-2-1-9-29-16)26(25-17)14-7-8-18(24-11-14)30(23,27)28/h1-11H,(H2,23,27,28). The van der Waals surface area contributed by atoms with Crippen molar-refractivity contribution in [1.82, 2.24) is 14.8 Å². The van der Waals surface area contributed by atoms with Gasteiger partial charge in [-0.25, -0.2) is 23.2 Å². The van der Waals surface area contributed by atoms with Crippen molar-refractivity contribution < 1.29 is 26.0 Å². The average Bonchev–Trinajstić information content (AvgIpc) is 3.37. The third-order valence-electron chi connectivity index (χ3n) is 4.24. The van der Waals surface area contributed by atoms with Gasteiger partial charge in [0.2, 0.25) is 0 Å². The molecule has 4 rings (SSSR count). The average molecular weight is 434 g/mol. The molecule has 2 N–H and O–H groups in total. The Labute approximate surface area is 168 Å². The Bertz CT molecular complexity index is 1280. The molecular formula is C19H13F3N4O3S. The van der Waals surface area contributed by atoms with Crippen LogP contribution in [0.15, 0.2) is 76.5 Å². The zero-order valence-electron chi connectivity index (χ0n) is 15.0. The predicted molar refractivity (Wildman–Crippen MR) is 101 cm³/mol. The Morgan fingerprint density at radius 3 is 2.23 bits per heavy atom. The highest BCUT2D eigenvalue weighted by Crippen LogP contribution is 2.34. The molecule has 0 aliphatic heterocycles. The van der Waals surface area contributed by atoms with E-state index < -0.39 is 26.9 Å². The lowest BCUT2D eigenvalue weighted by molar-refractivity contribution is -0.141. The zero-order chi connectivity index (χ0) is 21.5. The van der Waals surface area contributed by atoms with E-state index in [9.17, 15) is 21.6 Å². The number of benzene rings is 1. The Morgan fingerprint density at radius 2 is 1.70 bits per heavy atom. The van der Waals surface area contributed by atoms with Crippen molar-refractivity contribution >= 4 is 10.0 Å². The minimum absolute atomic E-state index is 0.142. The predicted octanol–water partition coefficient (Wildman–Crippen LogP) is 3.86. The molecule has 0 fully saturated rings. The quantitative estimate of drug-likeness (QED) is 0.525. The summed E-state index contributed by atoms with van der Waals surface area (Å²) in [6.07, 6.45) is -2.05. The summed E-state index contributed by atoms with van der Waals surface area (Å²) in [7, 11) is -4.04. The van der Waals surface area contributed by atoms with Gasteiger partial charge in [-0.05, 0) is 30.3 Å². The number of nitrogens with zero attached hydrogens (tertiary/aromatic N) is 3. The molecule has 7 nitrogen and oxygen atoms in total. The molecule has 0 saturated carbocycles. The van der Waals surface area contributed by atoms with Gasteiger partial charge in [-0.3, -0.25) is 0 Å². The van der Waals surface area contributed by atoms with E-state index in [1.54, 1.807) is 36.4 Å². The fraction of sp³-hybridized carbons (Fsp3) is 0.0526. The van der Waals surface area contributed by atoms with Gasteiger partial charge in [0.1, 0.15) is 5.76 Å². The molecule has 0 radical (unpaired) electrons. The third kappa shape index (κ3) is 3.84. The van der Waals surface area contributed by atoms with Gasteiger partial charge in [0.05, 0.1) is 23.8 Å². The summed E-state index contributed by atoms with van der Waals surface area (Å²) >= 11 is 0. The summed E-state index contributed by atoms with van der Waals surface area (Å²) in [6.45, 7) is 0. The van der Waals surface area contributed by atoms with Gasteiger partial charge >= 0.3 is 6.18 Å². The number of alkyl halides is 3. The zero-order valence-corrected chi connectivity index (χ0v) is 15.9. The lowest BCUT2D eigenvalue weighted by Gasteiger charge is -2.08. The van der Waals surface area contributed by atoms with Crippen LogP contribution < -0.4 is 5.14 Å². The van der Waals surface area contributed by atoms with Crippen LogP contribution in [0.1, 0.15) is 5.69 Å². The van der Waals surface area contributed by atoms with Crippen molar-refractivity contribution in [3.8, 4) is 28.3 Å². The molecule has 0 aliphatic rings. The van der Waals surface area contributed by atoms with Crippen LogP contribution in [0.4, 0.5) is 13.2 Å². The molecule has 154 valence electrons. The Morgan fingerprint density at radius 1 is 1.00 bits per heavy atom. The van der Waals surface area contributed by atoms with E-state index in [-0.39, 0.29) is 11.4 Å². The highest BCUT2D eigenvalue weighted by atomic mass is 32.2. The van der Waals surface area contributed by atoms with Gasteiger partial charge in [0.25, 0.3) is 10.0 Å². The molecular weight excluding hydrogens is 421 g/mol. The fourth-order valence-electron chi connectivity index (χ4n) is 2.84. The summed E-state index contributed by atoms with van der Waals surface area (Å²) in [5, 5.41) is 8.25. The molecule has 0 aliphatic carbocycles. The minimum atomic E-state index is -4.66. The maximum Gasteiger partial charge on any atom is 0.435 e. The molecule has 4 aromatic rings. The van der Waals surface area contributed by atoms with E-state index in [1.165, 1.54) is 12.3 Å². The molecule has 1 aromatic carbocycles. The molecule has 11 heteroatoms. The fourth-order valence-corrected chi connectivity index (χ4v) is 3.29. The number of pyridine rings is 1. The van der Waals surface area contributed by atoms with E-state index in [4.69, 9.17) is 9.56 Å². The second-order valence-electron chi connectivity index (χ2n) is 6.28. The highest BCUT2D eigenvalue weighted by Gasteiger charge is 2.35. The molecule has 3 aromatic heterocycles. The van der Waals surface area contributed by atoms with E-state index in [0.29, 0.717) is 11.3 Å². The van der Waals surface area contributed by atoms with E-state index >= 15 is 0 Å². The highest BCUT2D eigenvalue weighted by molar-refractivity contribution is 7.89. The van der Waals surface area contributed by atoms with Crippen molar-refractivity contribution in [3.05, 3.63) is 72.8 Å². The first kappa shape index (κ1) is 19.9. The largest absolute Gasteiger partial charge is 0.464 e. The van der Waals surface area contributed by atoms with Crippen molar-refractivity contribution in [1.29, 1.82) is 0 Å². The smallest absolute Gasteiger partial charge is 0.435 e. The SMILES string of the molecule is NS(=O)(=O)c1ccc(-n2nc(C(F)(F)F)cc2-c2ccc(-c3ccco3)cc2)cn1. The Hall–Kier alpha value is -3.44. The molecule has 0 amide bonds. The lowest BCUT2D eigenvalue weighted by Crippen LogP contribution is -2.14. The molecule has 0 spiro atoms. The van der Waals surface area contributed by atoms with Crippen LogP contribution in [0.2, 0.25) is 0 Å². The summed E-state index contributed by atoms with van der Waals surface area (Å²) in [5.41, 5.74) is 0.415. The number of hydrogen-bond acceptors (Lipinski definition) is 5. The topological polar surface area (TPSA) is 104 Å². The monoisotopic (exact) mass is 434 g/mol. The molecule has 0 bridgehead atoms. The maximum atomic E-state index is 13.3.